The van der Waals surface area contributed by atoms with E-state index in [4.69, 9.17) is 0 Å². The molecule has 1 aliphatic rings. The van der Waals surface area contributed by atoms with Crippen LogP contribution in [-0.4, -0.2) is 23.2 Å². The molecular formula is C20H24FN5O2S2. The summed E-state index contributed by atoms with van der Waals surface area (Å²) in [5, 5.41) is 9.53. The Labute approximate surface area is 179 Å². The Morgan fingerprint density at radius 3 is 2.73 bits per heavy atom. The largest absolute Gasteiger partial charge is 0.340 e. The molecule has 1 aliphatic carbocycles. The number of benzene rings is 1. The molecule has 0 aliphatic heterocycles. The number of halogens is 1. The highest BCUT2D eigenvalue weighted by atomic mass is 32.2. The minimum absolute atomic E-state index is 0.192. The first-order valence-corrected chi connectivity index (χ1v) is 12.3. The van der Waals surface area contributed by atoms with Crippen molar-refractivity contribution >= 4 is 38.0 Å². The fourth-order valence-electron chi connectivity index (χ4n) is 3.82. The van der Waals surface area contributed by atoms with Gasteiger partial charge in [0.1, 0.15) is 16.5 Å². The van der Waals surface area contributed by atoms with Crippen molar-refractivity contribution in [2.24, 2.45) is 13.0 Å². The van der Waals surface area contributed by atoms with Crippen LogP contribution in [0.5, 0.6) is 0 Å². The van der Waals surface area contributed by atoms with Crippen molar-refractivity contribution in [1.29, 1.82) is 0 Å². The monoisotopic (exact) mass is 449 g/mol. The Kier molecular flexibility index (Phi) is 6.05. The number of rotatable bonds is 7. The van der Waals surface area contributed by atoms with Crippen molar-refractivity contribution in [2.45, 2.75) is 43.4 Å². The Hall–Kier alpha value is -2.46. The van der Waals surface area contributed by atoms with Crippen molar-refractivity contribution in [3.63, 3.8) is 0 Å². The van der Waals surface area contributed by atoms with E-state index in [0.717, 1.165) is 29.3 Å². The lowest BCUT2D eigenvalue weighted by molar-refractivity contribution is 0.353. The summed E-state index contributed by atoms with van der Waals surface area (Å²) in [4.78, 5) is 3.44. The lowest BCUT2D eigenvalue weighted by Gasteiger charge is -2.20. The van der Waals surface area contributed by atoms with Gasteiger partial charge in [-0.3, -0.25) is 9.40 Å². The quantitative estimate of drug-likeness (QED) is 0.547. The first-order valence-electron chi connectivity index (χ1n) is 9.92. The Balaban J connectivity index is 1.47. The van der Waals surface area contributed by atoms with Crippen molar-refractivity contribution in [3.8, 4) is 0 Å². The van der Waals surface area contributed by atoms with Gasteiger partial charge in [-0.05, 0) is 30.5 Å². The summed E-state index contributed by atoms with van der Waals surface area (Å²) in [5.41, 5.74) is 1.46. The van der Waals surface area contributed by atoms with Gasteiger partial charge in [0.05, 0.1) is 5.69 Å². The normalized spacial score (nSPS) is 15.3. The first kappa shape index (κ1) is 20.8. The van der Waals surface area contributed by atoms with Gasteiger partial charge in [-0.25, -0.2) is 17.8 Å². The van der Waals surface area contributed by atoms with Crippen molar-refractivity contribution < 1.29 is 12.8 Å². The highest BCUT2D eigenvalue weighted by Gasteiger charge is 2.21. The molecule has 7 nitrogen and oxygen atoms in total. The zero-order chi connectivity index (χ0) is 21.1. The molecular weight excluding hydrogens is 425 g/mol. The molecule has 10 heteroatoms. The van der Waals surface area contributed by atoms with E-state index in [1.165, 1.54) is 56.5 Å². The van der Waals surface area contributed by atoms with Crippen LogP contribution in [0.15, 0.2) is 40.7 Å². The molecule has 2 N–H and O–H groups in total. The number of aryl methyl sites for hydroxylation is 1. The molecule has 0 amide bonds. The molecule has 1 fully saturated rings. The highest BCUT2D eigenvalue weighted by molar-refractivity contribution is 7.93. The molecule has 1 saturated carbocycles. The number of aromatic nitrogens is 3. The van der Waals surface area contributed by atoms with E-state index in [9.17, 15) is 12.8 Å². The standard InChI is InChI=1S/C20H24FN5O2S2/c1-26-19(13-16(24-26)11-14-5-3-2-4-6-14)23-15-7-8-18(17(21)12-15)30(27,28)25-20-22-9-10-29-20/h7-10,12-14,23H,2-6,11H2,1H3,(H,22,25). The van der Waals surface area contributed by atoms with Crippen LogP contribution in [0.2, 0.25) is 0 Å². The average molecular weight is 450 g/mol. The summed E-state index contributed by atoms with van der Waals surface area (Å²) in [6.45, 7) is 0. The second kappa shape index (κ2) is 8.73. The van der Waals surface area contributed by atoms with Gasteiger partial charge in [0.15, 0.2) is 5.13 Å². The van der Waals surface area contributed by atoms with Crippen LogP contribution >= 0.6 is 11.3 Å². The molecule has 0 spiro atoms. The number of hydrogen-bond donors (Lipinski definition) is 2. The van der Waals surface area contributed by atoms with Crippen molar-refractivity contribution in [3.05, 3.63) is 47.4 Å². The molecule has 0 bridgehead atoms. The van der Waals surface area contributed by atoms with E-state index in [1.54, 1.807) is 10.1 Å². The smallest absolute Gasteiger partial charge is 0.266 e. The molecule has 0 unspecified atom stereocenters. The molecule has 1 aromatic carbocycles. The number of anilines is 3. The fraction of sp³-hybridized carbons (Fsp3) is 0.400. The number of sulfonamides is 1. The third-order valence-electron chi connectivity index (χ3n) is 5.30. The van der Waals surface area contributed by atoms with E-state index in [0.29, 0.717) is 11.6 Å². The predicted octanol–water partition coefficient (Wildman–Crippen LogP) is 4.68. The number of hydrogen-bond acceptors (Lipinski definition) is 6. The molecule has 2 heterocycles. The summed E-state index contributed by atoms with van der Waals surface area (Å²) in [6, 6.07) is 5.92. The van der Waals surface area contributed by atoms with Crippen LogP contribution in [0.3, 0.4) is 0 Å². The summed E-state index contributed by atoms with van der Waals surface area (Å²) < 4.78 is 43.4. The van der Waals surface area contributed by atoms with Crippen LogP contribution in [0.1, 0.15) is 37.8 Å². The SMILES string of the molecule is Cn1nc(CC2CCCCC2)cc1Nc1ccc(S(=O)(=O)Nc2nccs2)c(F)c1. The number of nitrogens with one attached hydrogen (secondary N) is 2. The topological polar surface area (TPSA) is 88.9 Å². The minimum Gasteiger partial charge on any atom is -0.340 e. The average Bonchev–Trinajstić information content (AvgIpc) is 3.32. The zero-order valence-electron chi connectivity index (χ0n) is 16.6. The molecule has 0 atom stereocenters. The van der Waals surface area contributed by atoms with E-state index in [-0.39, 0.29) is 5.13 Å². The second-order valence-electron chi connectivity index (χ2n) is 7.57. The van der Waals surface area contributed by atoms with Crippen LogP contribution in [0.4, 0.5) is 21.0 Å². The molecule has 0 radical (unpaired) electrons. The summed E-state index contributed by atoms with van der Waals surface area (Å²) in [5.74, 6) is 0.569. The molecule has 0 saturated heterocycles. The summed E-state index contributed by atoms with van der Waals surface area (Å²) in [6.07, 6.45) is 8.81. The predicted molar refractivity (Wildman–Crippen MR) is 116 cm³/mol. The Morgan fingerprint density at radius 1 is 1.23 bits per heavy atom. The van der Waals surface area contributed by atoms with Crippen LogP contribution in [-0.2, 0) is 23.5 Å². The third-order valence-corrected chi connectivity index (χ3v) is 7.49. The van der Waals surface area contributed by atoms with Gasteiger partial charge in [-0.15, -0.1) is 11.3 Å². The van der Waals surface area contributed by atoms with Gasteiger partial charge in [-0.1, -0.05) is 32.1 Å². The van der Waals surface area contributed by atoms with Crippen molar-refractivity contribution in [2.75, 3.05) is 10.0 Å². The van der Waals surface area contributed by atoms with Gasteiger partial charge < -0.3 is 5.32 Å². The van der Waals surface area contributed by atoms with E-state index in [2.05, 4.69) is 20.1 Å². The fourth-order valence-corrected chi connectivity index (χ4v) is 5.67. The van der Waals surface area contributed by atoms with Crippen LogP contribution < -0.4 is 10.0 Å². The minimum atomic E-state index is -4.05. The maximum atomic E-state index is 14.6. The van der Waals surface area contributed by atoms with Gasteiger partial charge in [0.25, 0.3) is 10.0 Å². The Morgan fingerprint density at radius 2 is 2.03 bits per heavy atom. The van der Waals surface area contributed by atoms with E-state index < -0.39 is 20.7 Å². The molecule has 30 heavy (non-hydrogen) atoms. The first-order chi connectivity index (χ1) is 14.4. The Bertz CT molecular complexity index is 1110. The van der Waals surface area contributed by atoms with Crippen LogP contribution in [0.25, 0.3) is 0 Å². The summed E-state index contributed by atoms with van der Waals surface area (Å²) >= 11 is 1.13. The maximum Gasteiger partial charge on any atom is 0.266 e. The second-order valence-corrected chi connectivity index (χ2v) is 10.1. The van der Waals surface area contributed by atoms with E-state index >= 15 is 0 Å². The highest BCUT2D eigenvalue weighted by Crippen LogP contribution is 2.28. The molecule has 4 rings (SSSR count). The van der Waals surface area contributed by atoms with Gasteiger partial charge in [-0.2, -0.15) is 5.10 Å². The third kappa shape index (κ3) is 4.81. The zero-order valence-corrected chi connectivity index (χ0v) is 18.3. The number of thiazole rings is 1. The summed E-state index contributed by atoms with van der Waals surface area (Å²) in [7, 11) is -2.21. The molecule has 2 aromatic heterocycles. The van der Waals surface area contributed by atoms with Crippen LogP contribution in [0, 0.1) is 11.7 Å². The molecule has 3 aromatic rings. The number of nitrogens with zero attached hydrogens (tertiary/aromatic N) is 3. The lowest BCUT2D eigenvalue weighted by Crippen LogP contribution is -2.14. The van der Waals surface area contributed by atoms with Gasteiger partial charge >= 0.3 is 0 Å². The maximum absolute atomic E-state index is 14.6. The molecule has 160 valence electrons. The van der Waals surface area contributed by atoms with E-state index in [1.807, 2.05) is 13.1 Å². The van der Waals surface area contributed by atoms with Crippen molar-refractivity contribution in [1.82, 2.24) is 14.8 Å². The van der Waals surface area contributed by atoms with Gasteiger partial charge in [0.2, 0.25) is 0 Å². The van der Waals surface area contributed by atoms with Gasteiger partial charge in [0, 0.05) is 30.4 Å². The lowest BCUT2D eigenvalue weighted by atomic mass is 9.86.